The summed E-state index contributed by atoms with van der Waals surface area (Å²) < 4.78 is 11.6. The molecule has 2 aromatic heterocycles. The van der Waals surface area contributed by atoms with Gasteiger partial charge in [-0.15, -0.1) is 0 Å². The smallest absolute Gasteiger partial charge is 0.189 e. The maximum atomic E-state index is 6.28. The molecule has 2 aromatic carbocycles. The summed E-state index contributed by atoms with van der Waals surface area (Å²) >= 11 is 7.56. The molecule has 0 aliphatic rings. The number of thiazole rings is 1. The van der Waals surface area contributed by atoms with E-state index in [0.29, 0.717) is 38.9 Å². The van der Waals surface area contributed by atoms with Gasteiger partial charge in [-0.3, -0.25) is 0 Å². The number of anilines is 5. The van der Waals surface area contributed by atoms with Crippen molar-refractivity contribution in [2.75, 3.05) is 30.6 Å². The van der Waals surface area contributed by atoms with Gasteiger partial charge in [-0.25, -0.2) is 15.0 Å². The van der Waals surface area contributed by atoms with Gasteiger partial charge in [-0.1, -0.05) is 22.9 Å². The third-order valence-corrected chi connectivity index (χ3v) is 5.29. The standard InChI is InChI=1S/C19H17ClN6O2S/c1-27-11-4-5-12-15(8-11)29-19(25-12)26-18-16(21)17(22-9-23-18)24-13-7-10(20)3-6-14(13)28-2/h3-9H,21H2,1-2H3,(H2,22,23,24,25,26). The molecule has 0 atom stereocenters. The van der Waals surface area contributed by atoms with Crippen LogP contribution in [0.1, 0.15) is 0 Å². The number of methoxy groups -OCH3 is 2. The highest BCUT2D eigenvalue weighted by molar-refractivity contribution is 7.22. The van der Waals surface area contributed by atoms with Crippen molar-refractivity contribution in [2.24, 2.45) is 0 Å². The molecule has 4 rings (SSSR count). The maximum absolute atomic E-state index is 6.28. The zero-order valence-electron chi connectivity index (χ0n) is 15.6. The van der Waals surface area contributed by atoms with Crippen LogP contribution >= 0.6 is 22.9 Å². The van der Waals surface area contributed by atoms with Crippen LogP contribution in [0.4, 0.5) is 28.1 Å². The molecule has 0 saturated heterocycles. The van der Waals surface area contributed by atoms with Gasteiger partial charge in [0.05, 0.1) is 30.1 Å². The number of fused-ring (bicyclic) bond motifs is 1. The van der Waals surface area contributed by atoms with Gasteiger partial charge in [0.1, 0.15) is 23.5 Å². The third kappa shape index (κ3) is 3.96. The lowest BCUT2D eigenvalue weighted by molar-refractivity contribution is 0.415. The number of rotatable bonds is 6. The Kier molecular flexibility index (Phi) is 5.24. The van der Waals surface area contributed by atoms with Crippen LogP contribution in [-0.2, 0) is 0 Å². The van der Waals surface area contributed by atoms with Gasteiger partial charge in [0.15, 0.2) is 16.8 Å². The van der Waals surface area contributed by atoms with Crippen molar-refractivity contribution in [1.82, 2.24) is 15.0 Å². The molecular formula is C19H17ClN6O2S. The second-order valence-electron chi connectivity index (χ2n) is 5.93. The lowest BCUT2D eigenvalue weighted by Crippen LogP contribution is -2.05. The number of halogens is 1. The summed E-state index contributed by atoms with van der Waals surface area (Å²) in [5, 5.41) is 7.52. The lowest BCUT2D eigenvalue weighted by Gasteiger charge is -2.14. The van der Waals surface area contributed by atoms with Crippen LogP contribution in [0.5, 0.6) is 11.5 Å². The highest BCUT2D eigenvalue weighted by atomic mass is 35.5. The largest absolute Gasteiger partial charge is 0.497 e. The molecule has 0 amide bonds. The number of nitrogens with two attached hydrogens (primary N) is 1. The van der Waals surface area contributed by atoms with E-state index >= 15 is 0 Å². The summed E-state index contributed by atoms with van der Waals surface area (Å²) in [6.07, 6.45) is 1.41. The predicted molar refractivity (Wildman–Crippen MR) is 117 cm³/mol. The molecule has 0 radical (unpaired) electrons. The second kappa shape index (κ2) is 7.98. The Morgan fingerprint density at radius 2 is 1.79 bits per heavy atom. The van der Waals surface area contributed by atoms with Crippen LogP contribution in [0.3, 0.4) is 0 Å². The summed E-state index contributed by atoms with van der Waals surface area (Å²) in [5.41, 5.74) is 8.12. The molecule has 4 aromatic rings. The summed E-state index contributed by atoms with van der Waals surface area (Å²) in [4.78, 5) is 13.0. The zero-order chi connectivity index (χ0) is 20.4. The molecule has 0 fully saturated rings. The van der Waals surface area contributed by atoms with Crippen molar-refractivity contribution in [3.63, 3.8) is 0 Å². The van der Waals surface area contributed by atoms with Crippen LogP contribution in [0, 0.1) is 0 Å². The Morgan fingerprint density at radius 1 is 1.00 bits per heavy atom. The number of hydrogen-bond acceptors (Lipinski definition) is 9. The molecule has 0 aliphatic heterocycles. The Hall–Kier alpha value is -3.30. The molecule has 2 heterocycles. The van der Waals surface area contributed by atoms with Crippen molar-refractivity contribution < 1.29 is 9.47 Å². The Labute approximate surface area is 175 Å². The van der Waals surface area contributed by atoms with Crippen LogP contribution in [0.15, 0.2) is 42.7 Å². The number of nitrogen functional groups attached to an aromatic ring is 1. The van der Waals surface area contributed by atoms with E-state index in [2.05, 4.69) is 25.6 Å². The van der Waals surface area contributed by atoms with Gasteiger partial charge in [-0.05, 0) is 36.4 Å². The van der Waals surface area contributed by atoms with E-state index < -0.39 is 0 Å². The Morgan fingerprint density at radius 3 is 2.55 bits per heavy atom. The summed E-state index contributed by atoms with van der Waals surface area (Å²) in [5.74, 6) is 2.25. The molecule has 0 unspecified atom stereocenters. The number of nitrogens with one attached hydrogen (secondary N) is 2. The van der Waals surface area contributed by atoms with Crippen LogP contribution in [0.2, 0.25) is 5.02 Å². The number of nitrogens with zero attached hydrogens (tertiary/aromatic N) is 3. The minimum Gasteiger partial charge on any atom is -0.497 e. The number of benzene rings is 2. The fourth-order valence-corrected chi connectivity index (χ4v) is 3.75. The van der Waals surface area contributed by atoms with Crippen LogP contribution in [-0.4, -0.2) is 29.2 Å². The average molecular weight is 429 g/mol. The zero-order valence-corrected chi connectivity index (χ0v) is 17.1. The van der Waals surface area contributed by atoms with Crippen LogP contribution in [0.25, 0.3) is 10.2 Å². The van der Waals surface area contributed by atoms with Crippen molar-refractivity contribution >= 4 is 61.3 Å². The maximum Gasteiger partial charge on any atom is 0.189 e. The number of hydrogen-bond donors (Lipinski definition) is 3. The molecule has 8 nitrogen and oxygen atoms in total. The average Bonchev–Trinajstić information content (AvgIpc) is 3.12. The molecule has 0 spiro atoms. The second-order valence-corrected chi connectivity index (χ2v) is 7.40. The predicted octanol–water partition coefficient (Wildman–Crippen LogP) is 4.83. The first kappa shape index (κ1) is 19.0. The van der Waals surface area contributed by atoms with E-state index in [9.17, 15) is 0 Å². The van der Waals surface area contributed by atoms with E-state index in [1.54, 1.807) is 32.4 Å². The highest BCUT2D eigenvalue weighted by Crippen LogP contribution is 2.35. The summed E-state index contributed by atoms with van der Waals surface area (Å²) in [6, 6.07) is 10.9. The first-order valence-electron chi connectivity index (χ1n) is 8.50. The Balaban J connectivity index is 1.62. The molecular weight excluding hydrogens is 412 g/mol. The lowest BCUT2D eigenvalue weighted by atomic mass is 10.3. The fourth-order valence-electron chi connectivity index (χ4n) is 2.69. The minimum absolute atomic E-state index is 0.339. The number of aromatic nitrogens is 3. The minimum atomic E-state index is 0.339. The van der Waals surface area contributed by atoms with Gasteiger partial charge < -0.3 is 25.8 Å². The van der Waals surface area contributed by atoms with Crippen LogP contribution < -0.4 is 25.8 Å². The van der Waals surface area contributed by atoms with Gasteiger partial charge >= 0.3 is 0 Å². The Bertz CT molecular complexity index is 1180. The quantitative estimate of drug-likeness (QED) is 0.401. The normalized spacial score (nSPS) is 10.7. The van der Waals surface area contributed by atoms with E-state index in [1.165, 1.54) is 17.7 Å². The molecule has 0 bridgehead atoms. The summed E-state index contributed by atoms with van der Waals surface area (Å²) in [6.45, 7) is 0. The first-order chi connectivity index (χ1) is 14.1. The van der Waals surface area contributed by atoms with Gasteiger partial charge in [-0.2, -0.15) is 0 Å². The van der Waals surface area contributed by atoms with Crippen molar-refractivity contribution in [1.29, 1.82) is 0 Å². The highest BCUT2D eigenvalue weighted by Gasteiger charge is 2.13. The molecule has 29 heavy (non-hydrogen) atoms. The van der Waals surface area contributed by atoms with Crippen molar-refractivity contribution in [3.8, 4) is 11.5 Å². The fraction of sp³-hybridized carbons (Fsp3) is 0.105. The summed E-state index contributed by atoms with van der Waals surface area (Å²) in [7, 11) is 3.21. The monoisotopic (exact) mass is 428 g/mol. The van der Waals surface area contributed by atoms with E-state index in [1.807, 2.05) is 18.2 Å². The topological polar surface area (TPSA) is 107 Å². The van der Waals surface area contributed by atoms with Gasteiger partial charge in [0, 0.05) is 5.02 Å². The van der Waals surface area contributed by atoms with Gasteiger partial charge in [0.25, 0.3) is 0 Å². The van der Waals surface area contributed by atoms with Crippen molar-refractivity contribution in [3.05, 3.63) is 47.7 Å². The third-order valence-electron chi connectivity index (χ3n) is 4.12. The van der Waals surface area contributed by atoms with Gasteiger partial charge in [0.2, 0.25) is 0 Å². The molecule has 4 N–H and O–H groups in total. The molecule has 10 heteroatoms. The van der Waals surface area contributed by atoms with E-state index in [4.69, 9.17) is 26.8 Å². The van der Waals surface area contributed by atoms with E-state index in [0.717, 1.165) is 16.0 Å². The van der Waals surface area contributed by atoms with E-state index in [-0.39, 0.29) is 0 Å². The molecule has 148 valence electrons. The molecule has 0 aliphatic carbocycles. The molecule has 0 saturated carbocycles. The number of ether oxygens (including phenoxy) is 2. The SMILES string of the molecule is COc1ccc2nc(Nc3ncnc(Nc4cc(Cl)ccc4OC)c3N)sc2c1. The van der Waals surface area contributed by atoms with Crippen molar-refractivity contribution in [2.45, 2.75) is 0 Å². The first-order valence-corrected chi connectivity index (χ1v) is 9.69.